The second-order valence-electron chi connectivity index (χ2n) is 3.99. The van der Waals surface area contributed by atoms with Gasteiger partial charge in [0.15, 0.2) is 0 Å². The molecular formula is C10H18ClNO. The molecule has 0 spiro atoms. The van der Waals surface area contributed by atoms with Gasteiger partial charge in [-0.05, 0) is 42.7 Å². The first-order valence-electron chi connectivity index (χ1n) is 5.08. The number of hydrogen-bond acceptors (Lipinski definition) is 1. The molecule has 0 bridgehead atoms. The lowest BCUT2D eigenvalue weighted by molar-refractivity contribution is 0.107. The fourth-order valence-electron chi connectivity index (χ4n) is 2.19. The first kappa shape index (κ1) is 10.8. The summed E-state index contributed by atoms with van der Waals surface area (Å²) in [4.78, 5) is 12.8. The Bertz CT molecular complexity index is 189. The maximum atomic E-state index is 11.0. The summed E-state index contributed by atoms with van der Waals surface area (Å²) in [6.45, 7) is 6.09. The lowest BCUT2D eigenvalue weighted by Crippen LogP contribution is -2.43. The molecule has 1 fully saturated rings. The van der Waals surface area contributed by atoms with E-state index in [0.717, 1.165) is 32.4 Å². The van der Waals surface area contributed by atoms with E-state index < -0.39 is 0 Å². The van der Waals surface area contributed by atoms with Crippen LogP contribution in [0.15, 0.2) is 0 Å². The van der Waals surface area contributed by atoms with Crippen LogP contribution in [0.5, 0.6) is 0 Å². The Kier molecular flexibility index (Phi) is 3.60. The van der Waals surface area contributed by atoms with E-state index in [-0.39, 0.29) is 5.37 Å². The lowest BCUT2D eigenvalue weighted by Gasteiger charge is -2.41. The van der Waals surface area contributed by atoms with Gasteiger partial charge in [0.2, 0.25) is 0 Å². The Morgan fingerprint density at radius 1 is 1.46 bits per heavy atom. The monoisotopic (exact) mass is 203 g/mol. The highest BCUT2D eigenvalue weighted by atomic mass is 35.5. The molecule has 3 heteroatoms. The molecule has 0 unspecified atom stereocenters. The Labute approximate surface area is 85.2 Å². The minimum Gasteiger partial charge on any atom is -0.329 e. The molecule has 13 heavy (non-hydrogen) atoms. The van der Waals surface area contributed by atoms with Crippen molar-refractivity contribution in [3.63, 3.8) is 0 Å². The zero-order valence-electron chi connectivity index (χ0n) is 8.48. The third kappa shape index (κ3) is 2.37. The standard InChI is InChI=1S/C10H18ClNO/c1-3-10(4-2)6-5-7-12(8-10)9(11)13/h3-8H2,1-2H3. The third-order valence-corrected chi connectivity index (χ3v) is 3.65. The van der Waals surface area contributed by atoms with Crippen molar-refractivity contribution >= 4 is 17.0 Å². The van der Waals surface area contributed by atoms with Gasteiger partial charge >= 0.3 is 5.37 Å². The predicted octanol–water partition coefficient (Wildman–Crippen LogP) is 3.25. The van der Waals surface area contributed by atoms with E-state index in [1.54, 1.807) is 4.90 Å². The lowest BCUT2D eigenvalue weighted by atomic mass is 9.76. The number of hydrogen-bond donors (Lipinski definition) is 0. The average Bonchev–Trinajstić information content (AvgIpc) is 2.18. The van der Waals surface area contributed by atoms with Crippen molar-refractivity contribution in [3.8, 4) is 0 Å². The Hall–Kier alpha value is -0.240. The molecule has 0 N–H and O–H groups in total. The molecule has 0 radical (unpaired) electrons. The van der Waals surface area contributed by atoms with Crippen LogP contribution in [0.3, 0.4) is 0 Å². The SMILES string of the molecule is CCC1(CC)CCCN(C(=O)Cl)C1. The van der Waals surface area contributed by atoms with Gasteiger partial charge < -0.3 is 4.90 Å². The van der Waals surface area contributed by atoms with E-state index in [1.807, 2.05) is 0 Å². The maximum Gasteiger partial charge on any atom is 0.316 e. The molecule has 0 aromatic heterocycles. The van der Waals surface area contributed by atoms with Gasteiger partial charge in [0.1, 0.15) is 0 Å². The molecule has 0 saturated carbocycles. The van der Waals surface area contributed by atoms with Crippen molar-refractivity contribution in [1.82, 2.24) is 4.90 Å². The highest BCUT2D eigenvalue weighted by molar-refractivity contribution is 6.62. The summed E-state index contributed by atoms with van der Waals surface area (Å²) >= 11 is 5.48. The summed E-state index contributed by atoms with van der Waals surface area (Å²) in [5.74, 6) is 0. The van der Waals surface area contributed by atoms with Crippen LogP contribution in [0.4, 0.5) is 4.79 Å². The first-order valence-corrected chi connectivity index (χ1v) is 5.46. The van der Waals surface area contributed by atoms with Crippen LogP contribution in [0.25, 0.3) is 0 Å². The van der Waals surface area contributed by atoms with Gasteiger partial charge in [-0.2, -0.15) is 0 Å². The van der Waals surface area contributed by atoms with E-state index in [9.17, 15) is 4.79 Å². The molecule has 2 nitrogen and oxygen atoms in total. The maximum absolute atomic E-state index is 11.0. The smallest absolute Gasteiger partial charge is 0.316 e. The zero-order valence-corrected chi connectivity index (χ0v) is 9.23. The normalized spacial score (nSPS) is 21.6. The summed E-state index contributed by atoms with van der Waals surface area (Å²) in [6.07, 6.45) is 4.62. The second kappa shape index (κ2) is 4.32. The van der Waals surface area contributed by atoms with E-state index in [1.165, 1.54) is 6.42 Å². The van der Waals surface area contributed by atoms with Crippen LogP contribution in [0, 0.1) is 5.41 Å². The van der Waals surface area contributed by atoms with E-state index >= 15 is 0 Å². The fourth-order valence-corrected chi connectivity index (χ4v) is 2.33. The van der Waals surface area contributed by atoms with Gasteiger partial charge in [-0.25, -0.2) is 0 Å². The summed E-state index contributed by atoms with van der Waals surface area (Å²) in [6, 6.07) is 0. The van der Waals surface area contributed by atoms with Crippen molar-refractivity contribution in [2.45, 2.75) is 39.5 Å². The number of rotatable bonds is 2. The summed E-state index contributed by atoms with van der Waals surface area (Å²) in [5, 5.41) is -0.286. The number of piperidine rings is 1. The number of likely N-dealkylation sites (tertiary alicyclic amines) is 1. The summed E-state index contributed by atoms with van der Waals surface area (Å²) < 4.78 is 0. The summed E-state index contributed by atoms with van der Waals surface area (Å²) in [7, 11) is 0. The van der Waals surface area contributed by atoms with Crippen LogP contribution in [0.2, 0.25) is 0 Å². The third-order valence-electron chi connectivity index (χ3n) is 3.41. The number of carbonyl (C=O) groups is 1. The molecule has 0 aromatic carbocycles. The largest absolute Gasteiger partial charge is 0.329 e. The number of nitrogens with zero attached hydrogens (tertiary/aromatic N) is 1. The number of carbonyl (C=O) groups excluding carboxylic acids is 1. The molecule has 1 aliphatic rings. The molecule has 1 rings (SSSR count). The van der Waals surface area contributed by atoms with Crippen LogP contribution in [-0.2, 0) is 0 Å². The minimum absolute atomic E-state index is 0.286. The van der Waals surface area contributed by atoms with Crippen LogP contribution >= 0.6 is 11.6 Å². The van der Waals surface area contributed by atoms with Crippen LogP contribution in [-0.4, -0.2) is 23.4 Å². The van der Waals surface area contributed by atoms with E-state index in [2.05, 4.69) is 13.8 Å². The zero-order chi connectivity index (χ0) is 9.90. The van der Waals surface area contributed by atoms with Gasteiger partial charge in [-0.1, -0.05) is 13.8 Å². The Balaban J connectivity index is 2.63. The Morgan fingerprint density at radius 2 is 2.08 bits per heavy atom. The number of halogens is 1. The molecule has 1 heterocycles. The summed E-state index contributed by atoms with van der Waals surface area (Å²) in [5.41, 5.74) is 0.336. The molecule has 0 atom stereocenters. The topological polar surface area (TPSA) is 20.3 Å². The van der Waals surface area contributed by atoms with Gasteiger partial charge in [0, 0.05) is 13.1 Å². The minimum atomic E-state index is -0.286. The molecule has 1 aliphatic heterocycles. The molecule has 1 saturated heterocycles. The van der Waals surface area contributed by atoms with Crippen molar-refractivity contribution in [2.75, 3.05) is 13.1 Å². The predicted molar refractivity (Wildman–Crippen MR) is 55.1 cm³/mol. The number of amides is 1. The van der Waals surface area contributed by atoms with Gasteiger partial charge in [0.05, 0.1) is 0 Å². The van der Waals surface area contributed by atoms with Crippen LogP contribution in [0.1, 0.15) is 39.5 Å². The van der Waals surface area contributed by atoms with Gasteiger partial charge in [-0.3, -0.25) is 4.79 Å². The molecule has 1 amide bonds. The van der Waals surface area contributed by atoms with Gasteiger partial charge in [0.25, 0.3) is 0 Å². The van der Waals surface area contributed by atoms with Crippen molar-refractivity contribution in [3.05, 3.63) is 0 Å². The van der Waals surface area contributed by atoms with E-state index in [0.29, 0.717) is 5.41 Å². The average molecular weight is 204 g/mol. The molecular weight excluding hydrogens is 186 g/mol. The first-order chi connectivity index (χ1) is 6.13. The Morgan fingerprint density at radius 3 is 2.54 bits per heavy atom. The van der Waals surface area contributed by atoms with Crippen molar-refractivity contribution in [1.29, 1.82) is 0 Å². The highest BCUT2D eigenvalue weighted by Gasteiger charge is 2.33. The quantitative estimate of drug-likeness (QED) is 0.499. The highest BCUT2D eigenvalue weighted by Crippen LogP contribution is 2.36. The van der Waals surface area contributed by atoms with E-state index in [4.69, 9.17) is 11.6 Å². The van der Waals surface area contributed by atoms with Crippen molar-refractivity contribution < 1.29 is 4.79 Å². The van der Waals surface area contributed by atoms with Crippen LogP contribution < -0.4 is 0 Å². The fraction of sp³-hybridized carbons (Fsp3) is 0.900. The molecule has 0 aliphatic carbocycles. The molecule has 76 valence electrons. The van der Waals surface area contributed by atoms with Gasteiger partial charge in [-0.15, -0.1) is 0 Å². The second-order valence-corrected chi connectivity index (χ2v) is 4.31. The van der Waals surface area contributed by atoms with Crippen molar-refractivity contribution in [2.24, 2.45) is 5.41 Å². The molecule has 0 aromatic rings.